The zero-order chi connectivity index (χ0) is 14.2. The topological polar surface area (TPSA) is 38.0 Å². The molecular formula is C16H19FN2O. The summed E-state index contributed by atoms with van der Waals surface area (Å²) in [5.74, 6) is 0.654. The van der Waals surface area contributed by atoms with Crippen molar-refractivity contribution < 1.29 is 9.50 Å². The molecule has 0 amide bonds. The lowest BCUT2D eigenvalue weighted by Gasteiger charge is -2.24. The van der Waals surface area contributed by atoms with E-state index in [-0.39, 0.29) is 5.82 Å². The van der Waals surface area contributed by atoms with Crippen molar-refractivity contribution in [1.82, 2.24) is 9.55 Å². The van der Waals surface area contributed by atoms with Gasteiger partial charge in [-0.15, -0.1) is 0 Å². The Morgan fingerprint density at radius 2 is 2.30 bits per heavy atom. The fraction of sp³-hybridized carbons (Fsp3) is 0.438. The molecule has 2 aromatic rings. The Kier molecular flexibility index (Phi) is 3.34. The van der Waals surface area contributed by atoms with Crippen molar-refractivity contribution in [2.75, 3.05) is 0 Å². The van der Waals surface area contributed by atoms with Crippen LogP contribution in [-0.2, 0) is 25.0 Å². The van der Waals surface area contributed by atoms with Crippen LogP contribution in [0, 0.1) is 5.82 Å². The van der Waals surface area contributed by atoms with Crippen LogP contribution >= 0.6 is 0 Å². The molecule has 1 aliphatic rings. The summed E-state index contributed by atoms with van der Waals surface area (Å²) < 4.78 is 15.8. The maximum absolute atomic E-state index is 13.8. The molecule has 1 N–H and O–H groups in total. The van der Waals surface area contributed by atoms with Gasteiger partial charge in [0.2, 0.25) is 0 Å². The van der Waals surface area contributed by atoms with E-state index in [0.29, 0.717) is 24.8 Å². The lowest BCUT2D eigenvalue weighted by molar-refractivity contribution is 0.0360. The van der Waals surface area contributed by atoms with Crippen LogP contribution in [0.25, 0.3) is 0 Å². The second-order valence-corrected chi connectivity index (χ2v) is 5.51. The van der Waals surface area contributed by atoms with Crippen molar-refractivity contribution >= 4 is 0 Å². The van der Waals surface area contributed by atoms with Crippen LogP contribution in [0.4, 0.5) is 4.39 Å². The lowest BCUT2D eigenvalue weighted by Crippen LogP contribution is -2.27. The lowest BCUT2D eigenvalue weighted by atomic mass is 9.92. The number of benzene rings is 1. The van der Waals surface area contributed by atoms with Gasteiger partial charge in [-0.05, 0) is 36.5 Å². The molecule has 1 aromatic heterocycles. The van der Waals surface area contributed by atoms with Gasteiger partial charge in [0.25, 0.3) is 0 Å². The largest absolute Gasteiger partial charge is 0.385 e. The Morgan fingerprint density at radius 1 is 1.45 bits per heavy atom. The van der Waals surface area contributed by atoms with Crippen LogP contribution in [-0.4, -0.2) is 14.7 Å². The molecule has 4 heteroatoms. The molecule has 0 aliphatic heterocycles. The van der Waals surface area contributed by atoms with Gasteiger partial charge in [0, 0.05) is 25.4 Å². The van der Waals surface area contributed by atoms with Crippen LogP contribution in [0.3, 0.4) is 0 Å². The zero-order valence-corrected chi connectivity index (χ0v) is 11.6. The fourth-order valence-corrected chi connectivity index (χ4v) is 3.11. The number of fused-ring (bicyclic) bond motifs is 1. The summed E-state index contributed by atoms with van der Waals surface area (Å²) in [7, 11) is 0. The maximum Gasteiger partial charge on any atom is 0.126 e. The Bertz CT molecular complexity index is 623. The predicted molar refractivity (Wildman–Crippen MR) is 74.8 cm³/mol. The number of hydrogen-bond donors (Lipinski definition) is 1. The van der Waals surface area contributed by atoms with Crippen LogP contribution in [0.5, 0.6) is 0 Å². The third-order valence-electron chi connectivity index (χ3n) is 4.13. The Morgan fingerprint density at radius 3 is 3.10 bits per heavy atom. The van der Waals surface area contributed by atoms with Gasteiger partial charge in [-0.25, -0.2) is 9.37 Å². The number of halogens is 1. The number of rotatable bonds is 4. The van der Waals surface area contributed by atoms with Crippen molar-refractivity contribution in [3.05, 3.63) is 53.4 Å². The van der Waals surface area contributed by atoms with Gasteiger partial charge in [0.1, 0.15) is 11.6 Å². The molecule has 1 aromatic carbocycles. The predicted octanol–water partition coefficient (Wildman–Crippen LogP) is 2.81. The van der Waals surface area contributed by atoms with Gasteiger partial charge in [-0.2, -0.15) is 0 Å². The minimum atomic E-state index is -0.992. The van der Waals surface area contributed by atoms with Crippen molar-refractivity contribution in [2.24, 2.45) is 0 Å². The first-order valence-electron chi connectivity index (χ1n) is 7.14. The minimum absolute atomic E-state index is 0.213. The van der Waals surface area contributed by atoms with Crippen LogP contribution in [0.15, 0.2) is 30.6 Å². The molecule has 0 saturated heterocycles. The Hall–Kier alpha value is -1.68. The Balaban J connectivity index is 1.92. The van der Waals surface area contributed by atoms with Gasteiger partial charge in [-0.1, -0.05) is 19.1 Å². The van der Waals surface area contributed by atoms with Gasteiger partial charge < -0.3 is 9.67 Å². The van der Waals surface area contributed by atoms with Crippen LogP contribution in [0.1, 0.15) is 36.7 Å². The molecule has 20 heavy (non-hydrogen) atoms. The minimum Gasteiger partial charge on any atom is -0.385 e. The highest BCUT2D eigenvalue weighted by atomic mass is 19.1. The summed E-state index contributed by atoms with van der Waals surface area (Å²) in [5, 5.41) is 10.9. The molecule has 0 spiro atoms. The van der Waals surface area contributed by atoms with E-state index in [1.807, 2.05) is 12.3 Å². The second-order valence-electron chi connectivity index (χ2n) is 5.51. The Labute approximate surface area is 118 Å². The molecular weight excluding hydrogens is 255 g/mol. The first-order valence-corrected chi connectivity index (χ1v) is 7.14. The van der Waals surface area contributed by atoms with E-state index < -0.39 is 5.60 Å². The molecule has 1 unspecified atom stereocenters. The maximum atomic E-state index is 13.8. The highest BCUT2D eigenvalue weighted by Crippen LogP contribution is 2.40. The summed E-state index contributed by atoms with van der Waals surface area (Å²) >= 11 is 0. The van der Waals surface area contributed by atoms with Crippen LogP contribution < -0.4 is 0 Å². The van der Waals surface area contributed by atoms with Crippen LogP contribution in [0.2, 0.25) is 0 Å². The molecule has 3 nitrogen and oxygen atoms in total. The normalized spacial score (nSPS) is 21.1. The monoisotopic (exact) mass is 274 g/mol. The molecule has 0 saturated carbocycles. The third-order valence-corrected chi connectivity index (χ3v) is 4.13. The van der Waals surface area contributed by atoms with E-state index in [4.69, 9.17) is 0 Å². The van der Waals surface area contributed by atoms with Crippen molar-refractivity contribution in [1.29, 1.82) is 0 Å². The fourth-order valence-electron chi connectivity index (χ4n) is 3.11. The highest BCUT2D eigenvalue weighted by Gasteiger charge is 2.39. The molecule has 3 rings (SSSR count). The molecule has 0 radical (unpaired) electrons. The molecule has 0 bridgehead atoms. The summed E-state index contributed by atoms with van der Waals surface area (Å²) in [6.07, 6.45) is 6.30. The molecule has 0 fully saturated rings. The summed E-state index contributed by atoms with van der Waals surface area (Å²) in [6.45, 7) is 3.00. The number of aryl methyl sites for hydroxylation is 1. The number of aromatic nitrogens is 2. The molecule has 106 valence electrons. The zero-order valence-electron chi connectivity index (χ0n) is 11.6. The van der Waals surface area contributed by atoms with E-state index in [2.05, 4.69) is 16.5 Å². The average Bonchev–Trinajstić information content (AvgIpc) is 2.98. The van der Waals surface area contributed by atoms with Gasteiger partial charge >= 0.3 is 0 Å². The summed E-state index contributed by atoms with van der Waals surface area (Å²) in [4.78, 5) is 4.35. The van der Waals surface area contributed by atoms with Crippen molar-refractivity contribution in [3.8, 4) is 0 Å². The SMILES string of the molecule is CCCn1ccnc1CC1(O)CCc2c(F)cccc21. The average molecular weight is 274 g/mol. The smallest absolute Gasteiger partial charge is 0.126 e. The first kappa shape index (κ1) is 13.3. The molecule has 1 atom stereocenters. The number of imidazole rings is 1. The standard InChI is InChI=1S/C16H19FN2O/c1-2-9-19-10-8-18-15(19)11-16(20)7-6-12-13(16)4-3-5-14(12)17/h3-5,8,10,20H,2,6-7,9,11H2,1H3. The number of nitrogens with zero attached hydrogens (tertiary/aromatic N) is 2. The van der Waals surface area contributed by atoms with Crippen molar-refractivity contribution in [3.63, 3.8) is 0 Å². The summed E-state index contributed by atoms with van der Waals surface area (Å²) in [5.41, 5.74) is 0.390. The van der Waals surface area contributed by atoms with E-state index in [0.717, 1.165) is 24.4 Å². The molecule has 1 aliphatic carbocycles. The number of aliphatic hydroxyl groups is 1. The highest BCUT2D eigenvalue weighted by molar-refractivity contribution is 5.38. The van der Waals surface area contributed by atoms with Gasteiger partial charge in [0.15, 0.2) is 0 Å². The molecule has 1 heterocycles. The van der Waals surface area contributed by atoms with E-state index in [1.54, 1.807) is 12.3 Å². The van der Waals surface area contributed by atoms with E-state index >= 15 is 0 Å². The van der Waals surface area contributed by atoms with E-state index in [1.165, 1.54) is 6.07 Å². The van der Waals surface area contributed by atoms with Gasteiger partial charge in [-0.3, -0.25) is 0 Å². The van der Waals surface area contributed by atoms with E-state index in [9.17, 15) is 9.50 Å². The third kappa shape index (κ3) is 2.14. The number of hydrogen-bond acceptors (Lipinski definition) is 2. The van der Waals surface area contributed by atoms with Crippen molar-refractivity contribution in [2.45, 2.75) is 44.8 Å². The quantitative estimate of drug-likeness (QED) is 0.931. The van der Waals surface area contributed by atoms with Gasteiger partial charge in [0.05, 0.1) is 5.60 Å². The second kappa shape index (κ2) is 5.02. The summed E-state index contributed by atoms with van der Waals surface area (Å²) in [6, 6.07) is 4.96. The first-order chi connectivity index (χ1) is 9.64.